The first-order chi connectivity index (χ1) is 10.7. The Balaban J connectivity index is 2.32. The van der Waals surface area contributed by atoms with Gasteiger partial charge in [-0.1, -0.05) is 29.8 Å². The SMILES string of the molecule is Cc1ccc(C(NC(=O)c2nn(C)c(C)c2Cl)C(=O)O)cc1C. The first-order valence-corrected chi connectivity index (χ1v) is 7.40. The van der Waals surface area contributed by atoms with Crippen molar-refractivity contribution in [2.75, 3.05) is 0 Å². The predicted molar refractivity (Wildman–Crippen MR) is 86.7 cm³/mol. The fourth-order valence-electron chi connectivity index (χ4n) is 2.16. The molecule has 2 rings (SSSR count). The molecule has 1 aromatic carbocycles. The zero-order valence-corrected chi connectivity index (χ0v) is 14.1. The van der Waals surface area contributed by atoms with Gasteiger partial charge in [-0.05, 0) is 37.5 Å². The van der Waals surface area contributed by atoms with Crippen LogP contribution in [-0.2, 0) is 11.8 Å². The van der Waals surface area contributed by atoms with E-state index in [4.69, 9.17) is 11.6 Å². The van der Waals surface area contributed by atoms with Crippen LogP contribution < -0.4 is 5.32 Å². The molecule has 0 aliphatic heterocycles. The summed E-state index contributed by atoms with van der Waals surface area (Å²) in [5.74, 6) is -1.77. The van der Waals surface area contributed by atoms with E-state index < -0.39 is 17.9 Å². The second kappa shape index (κ2) is 6.42. The molecule has 1 unspecified atom stereocenters. The van der Waals surface area contributed by atoms with Crippen LogP contribution in [-0.4, -0.2) is 26.8 Å². The summed E-state index contributed by atoms with van der Waals surface area (Å²) in [4.78, 5) is 23.9. The van der Waals surface area contributed by atoms with Crippen LogP contribution in [0.5, 0.6) is 0 Å². The molecule has 7 heteroatoms. The van der Waals surface area contributed by atoms with Crippen molar-refractivity contribution in [3.05, 3.63) is 51.3 Å². The number of amides is 1. The lowest BCUT2D eigenvalue weighted by Crippen LogP contribution is -2.34. The van der Waals surface area contributed by atoms with Crippen molar-refractivity contribution >= 4 is 23.5 Å². The van der Waals surface area contributed by atoms with E-state index >= 15 is 0 Å². The van der Waals surface area contributed by atoms with E-state index in [1.54, 1.807) is 26.1 Å². The van der Waals surface area contributed by atoms with Crippen LogP contribution in [0, 0.1) is 20.8 Å². The summed E-state index contributed by atoms with van der Waals surface area (Å²) in [6, 6.07) is 4.09. The Labute approximate surface area is 139 Å². The minimum atomic E-state index is -1.17. The molecule has 0 spiro atoms. The maximum absolute atomic E-state index is 12.3. The molecule has 122 valence electrons. The average molecular weight is 336 g/mol. The molecule has 1 amide bonds. The molecular formula is C16H18ClN3O3. The number of hydrogen-bond acceptors (Lipinski definition) is 3. The molecule has 0 aliphatic rings. The molecule has 23 heavy (non-hydrogen) atoms. The van der Waals surface area contributed by atoms with E-state index in [-0.39, 0.29) is 10.7 Å². The molecule has 0 saturated carbocycles. The summed E-state index contributed by atoms with van der Waals surface area (Å²) in [6.07, 6.45) is 0. The third-order valence-corrected chi connectivity index (χ3v) is 4.32. The van der Waals surface area contributed by atoms with Gasteiger partial charge in [0.1, 0.15) is 0 Å². The van der Waals surface area contributed by atoms with Crippen molar-refractivity contribution in [3.8, 4) is 0 Å². The number of benzene rings is 1. The molecular weight excluding hydrogens is 318 g/mol. The maximum Gasteiger partial charge on any atom is 0.330 e. The van der Waals surface area contributed by atoms with Crippen LogP contribution in [0.4, 0.5) is 0 Å². The first kappa shape index (κ1) is 17.0. The summed E-state index contributed by atoms with van der Waals surface area (Å²) < 4.78 is 1.48. The first-order valence-electron chi connectivity index (χ1n) is 7.02. The van der Waals surface area contributed by atoms with Crippen molar-refractivity contribution < 1.29 is 14.7 Å². The number of nitrogens with one attached hydrogen (secondary N) is 1. The monoisotopic (exact) mass is 335 g/mol. The number of halogens is 1. The third kappa shape index (κ3) is 3.37. The van der Waals surface area contributed by atoms with Gasteiger partial charge in [-0.25, -0.2) is 4.79 Å². The van der Waals surface area contributed by atoms with E-state index in [0.717, 1.165) is 11.1 Å². The van der Waals surface area contributed by atoms with Gasteiger partial charge in [0, 0.05) is 7.05 Å². The third-order valence-electron chi connectivity index (χ3n) is 3.86. The Morgan fingerprint density at radius 1 is 1.26 bits per heavy atom. The van der Waals surface area contributed by atoms with E-state index in [9.17, 15) is 14.7 Å². The Hall–Kier alpha value is -2.34. The number of aliphatic carboxylic acids is 1. The molecule has 1 atom stereocenters. The highest BCUT2D eigenvalue weighted by Gasteiger charge is 2.26. The van der Waals surface area contributed by atoms with Crippen LogP contribution in [0.3, 0.4) is 0 Å². The molecule has 0 fully saturated rings. The van der Waals surface area contributed by atoms with Gasteiger partial charge in [0.05, 0.1) is 10.7 Å². The van der Waals surface area contributed by atoms with Crippen molar-refractivity contribution in [1.29, 1.82) is 0 Å². The number of carbonyl (C=O) groups is 2. The van der Waals surface area contributed by atoms with Crippen molar-refractivity contribution in [3.63, 3.8) is 0 Å². The highest BCUT2D eigenvalue weighted by molar-refractivity contribution is 6.34. The zero-order chi connectivity index (χ0) is 17.3. The summed E-state index contributed by atoms with van der Waals surface area (Å²) in [5.41, 5.74) is 3.15. The number of carboxylic acid groups (broad SMARTS) is 1. The predicted octanol–water partition coefficient (Wildman–Crippen LogP) is 2.55. The van der Waals surface area contributed by atoms with E-state index in [1.807, 2.05) is 19.9 Å². The Morgan fingerprint density at radius 2 is 1.91 bits per heavy atom. The highest BCUT2D eigenvalue weighted by atomic mass is 35.5. The van der Waals surface area contributed by atoms with Crippen LogP contribution in [0.1, 0.15) is 38.9 Å². The normalized spacial score (nSPS) is 12.0. The van der Waals surface area contributed by atoms with Crippen molar-refractivity contribution in [1.82, 2.24) is 15.1 Å². The molecule has 6 nitrogen and oxygen atoms in total. The molecule has 1 heterocycles. The Kier molecular flexibility index (Phi) is 4.75. The number of carboxylic acids is 1. The fourth-order valence-corrected chi connectivity index (χ4v) is 2.40. The van der Waals surface area contributed by atoms with Gasteiger partial charge in [-0.15, -0.1) is 0 Å². The maximum atomic E-state index is 12.3. The largest absolute Gasteiger partial charge is 0.479 e. The lowest BCUT2D eigenvalue weighted by molar-refractivity contribution is -0.139. The van der Waals surface area contributed by atoms with Crippen LogP contribution >= 0.6 is 11.6 Å². The van der Waals surface area contributed by atoms with Crippen LogP contribution in [0.15, 0.2) is 18.2 Å². The molecule has 2 N–H and O–H groups in total. The number of nitrogens with zero attached hydrogens (tertiary/aromatic N) is 2. The lowest BCUT2D eigenvalue weighted by Gasteiger charge is -2.15. The summed E-state index contributed by atoms with van der Waals surface area (Å²) >= 11 is 6.07. The standard InChI is InChI=1S/C16H18ClN3O3/c1-8-5-6-11(7-9(8)2)13(16(22)23)18-15(21)14-12(17)10(3)20(4)19-14/h5-7,13H,1-4H3,(H,18,21)(H,22,23). The van der Waals surface area contributed by atoms with Gasteiger partial charge in [0.15, 0.2) is 11.7 Å². The van der Waals surface area contributed by atoms with E-state index in [2.05, 4.69) is 10.4 Å². The number of aromatic nitrogens is 2. The lowest BCUT2D eigenvalue weighted by atomic mass is 10.0. The quantitative estimate of drug-likeness (QED) is 0.899. The number of hydrogen-bond donors (Lipinski definition) is 2. The fraction of sp³-hybridized carbons (Fsp3) is 0.312. The number of aryl methyl sites for hydroxylation is 3. The van der Waals surface area contributed by atoms with Gasteiger partial charge >= 0.3 is 5.97 Å². The minimum absolute atomic E-state index is 0.0155. The summed E-state index contributed by atoms with van der Waals surface area (Å²) in [7, 11) is 1.66. The highest BCUT2D eigenvalue weighted by Crippen LogP contribution is 2.22. The topological polar surface area (TPSA) is 84.2 Å². The molecule has 0 bridgehead atoms. The van der Waals surface area contributed by atoms with E-state index in [0.29, 0.717) is 11.3 Å². The van der Waals surface area contributed by atoms with Gasteiger partial charge in [0.25, 0.3) is 5.91 Å². The van der Waals surface area contributed by atoms with E-state index in [1.165, 1.54) is 4.68 Å². The van der Waals surface area contributed by atoms with Crippen LogP contribution in [0.25, 0.3) is 0 Å². The zero-order valence-electron chi connectivity index (χ0n) is 13.3. The Morgan fingerprint density at radius 3 is 2.39 bits per heavy atom. The van der Waals surface area contributed by atoms with Crippen LogP contribution in [0.2, 0.25) is 5.02 Å². The van der Waals surface area contributed by atoms with Crippen molar-refractivity contribution in [2.24, 2.45) is 7.05 Å². The molecule has 0 radical (unpaired) electrons. The Bertz CT molecular complexity index is 783. The summed E-state index contributed by atoms with van der Waals surface area (Å²) in [5, 5.41) is 16.2. The smallest absolute Gasteiger partial charge is 0.330 e. The number of rotatable bonds is 4. The van der Waals surface area contributed by atoms with Gasteiger partial charge in [0.2, 0.25) is 0 Å². The van der Waals surface area contributed by atoms with Gasteiger partial charge in [-0.3, -0.25) is 9.48 Å². The summed E-state index contributed by atoms with van der Waals surface area (Å²) in [6.45, 7) is 5.55. The average Bonchev–Trinajstić information content (AvgIpc) is 2.75. The molecule has 1 aromatic heterocycles. The second-order valence-electron chi connectivity index (χ2n) is 5.46. The van der Waals surface area contributed by atoms with Crippen molar-refractivity contribution in [2.45, 2.75) is 26.8 Å². The van der Waals surface area contributed by atoms with Gasteiger partial charge in [-0.2, -0.15) is 5.10 Å². The number of carbonyl (C=O) groups excluding carboxylic acids is 1. The molecule has 0 saturated heterocycles. The minimum Gasteiger partial charge on any atom is -0.479 e. The second-order valence-corrected chi connectivity index (χ2v) is 5.84. The molecule has 0 aliphatic carbocycles. The molecule has 2 aromatic rings. The van der Waals surface area contributed by atoms with Gasteiger partial charge < -0.3 is 10.4 Å².